The third-order valence-electron chi connectivity index (χ3n) is 4.64. The molecule has 2 aromatic heterocycles. The molecule has 0 radical (unpaired) electrons. The van der Waals surface area contributed by atoms with E-state index in [4.69, 9.17) is 0 Å². The van der Waals surface area contributed by atoms with Crippen molar-refractivity contribution >= 4 is 17.0 Å². The number of fused-ring (bicyclic) bond motifs is 3. The number of aromatic amines is 1. The molecule has 2 N–H and O–H groups in total. The van der Waals surface area contributed by atoms with E-state index in [-0.39, 0.29) is 0 Å². The smallest absolute Gasteiger partial charge is 0.182 e. The zero-order valence-corrected chi connectivity index (χ0v) is 10.3. The van der Waals surface area contributed by atoms with Crippen LogP contribution in [0.1, 0.15) is 25.7 Å². The SMILES string of the molecule is c1nc(NCC2CC3CCC2C3)c2[nH]cnc2n1. The van der Waals surface area contributed by atoms with Gasteiger partial charge in [-0.2, -0.15) is 0 Å². The molecule has 94 valence electrons. The van der Waals surface area contributed by atoms with Gasteiger partial charge in [0.05, 0.1) is 6.33 Å². The number of imidazole rings is 1. The van der Waals surface area contributed by atoms with E-state index < -0.39 is 0 Å². The summed E-state index contributed by atoms with van der Waals surface area (Å²) in [5, 5.41) is 3.48. The van der Waals surface area contributed by atoms with E-state index in [1.54, 1.807) is 12.7 Å². The summed E-state index contributed by atoms with van der Waals surface area (Å²) < 4.78 is 0. The molecule has 2 aromatic rings. The molecule has 5 nitrogen and oxygen atoms in total. The van der Waals surface area contributed by atoms with Crippen molar-refractivity contribution in [3.63, 3.8) is 0 Å². The Bertz CT molecular complexity index is 563. The molecule has 2 saturated carbocycles. The number of anilines is 1. The number of nitrogens with one attached hydrogen (secondary N) is 2. The number of hydrogen-bond acceptors (Lipinski definition) is 4. The molecule has 18 heavy (non-hydrogen) atoms. The number of rotatable bonds is 3. The van der Waals surface area contributed by atoms with Gasteiger partial charge in [-0.3, -0.25) is 0 Å². The topological polar surface area (TPSA) is 66.5 Å². The molecule has 2 heterocycles. The maximum atomic E-state index is 4.31. The quantitative estimate of drug-likeness (QED) is 0.867. The minimum atomic E-state index is 0.737. The lowest BCUT2D eigenvalue weighted by Crippen LogP contribution is -2.20. The van der Waals surface area contributed by atoms with E-state index in [9.17, 15) is 0 Å². The molecule has 4 rings (SSSR count). The lowest BCUT2D eigenvalue weighted by atomic mass is 9.89. The van der Waals surface area contributed by atoms with Crippen molar-refractivity contribution in [2.45, 2.75) is 25.7 Å². The minimum Gasteiger partial charge on any atom is -0.368 e. The zero-order chi connectivity index (χ0) is 11.9. The normalized spacial score (nSPS) is 30.1. The van der Waals surface area contributed by atoms with E-state index in [0.717, 1.165) is 41.3 Å². The molecular weight excluding hydrogens is 226 g/mol. The molecule has 3 unspecified atom stereocenters. The Morgan fingerprint density at radius 2 is 2.22 bits per heavy atom. The number of hydrogen-bond donors (Lipinski definition) is 2. The second kappa shape index (κ2) is 3.93. The number of H-pyrrole nitrogens is 1. The number of nitrogens with zero attached hydrogens (tertiary/aromatic N) is 3. The van der Waals surface area contributed by atoms with Crippen LogP contribution in [0.2, 0.25) is 0 Å². The third kappa shape index (κ3) is 1.57. The summed E-state index contributed by atoms with van der Waals surface area (Å²) in [6.45, 7) is 1.03. The van der Waals surface area contributed by atoms with Gasteiger partial charge in [0.15, 0.2) is 11.5 Å². The van der Waals surface area contributed by atoms with E-state index in [1.807, 2.05) is 0 Å². The maximum Gasteiger partial charge on any atom is 0.182 e. The highest BCUT2D eigenvalue weighted by molar-refractivity contribution is 5.81. The van der Waals surface area contributed by atoms with E-state index in [0.29, 0.717) is 0 Å². The maximum absolute atomic E-state index is 4.31. The first kappa shape index (κ1) is 10.3. The van der Waals surface area contributed by atoms with Crippen molar-refractivity contribution in [1.29, 1.82) is 0 Å². The van der Waals surface area contributed by atoms with Crippen molar-refractivity contribution in [1.82, 2.24) is 19.9 Å². The molecule has 0 aliphatic heterocycles. The van der Waals surface area contributed by atoms with Crippen LogP contribution in [0.3, 0.4) is 0 Å². The molecular formula is C13H17N5. The van der Waals surface area contributed by atoms with Crippen molar-refractivity contribution in [2.24, 2.45) is 17.8 Å². The summed E-state index contributed by atoms with van der Waals surface area (Å²) >= 11 is 0. The fourth-order valence-electron chi connectivity index (χ4n) is 3.75. The lowest BCUT2D eigenvalue weighted by Gasteiger charge is -2.22. The molecule has 3 atom stereocenters. The molecule has 2 bridgehead atoms. The predicted molar refractivity (Wildman–Crippen MR) is 69.1 cm³/mol. The lowest BCUT2D eigenvalue weighted by molar-refractivity contribution is 0.348. The van der Waals surface area contributed by atoms with Gasteiger partial charge in [0.25, 0.3) is 0 Å². The van der Waals surface area contributed by atoms with E-state index >= 15 is 0 Å². The summed E-state index contributed by atoms with van der Waals surface area (Å²) in [5.41, 5.74) is 1.65. The molecule has 0 spiro atoms. The summed E-state index contributed by atoms with van der Waals surface area (Å²) in [4.78, 5) is 15.7. The third-order valence-corrected chi connectivity index (χ3v) is 4.64. The summed E-state index contributed by atoms with van der Waals surface area (Å²) in [5.74, 6) is 3.66. The highest BCUT2D eigenvalue weighted by atomic mass is 15.1. The Morgan fingerprint density at radius 3 is 3.06 bits per heavy atom. The van der Waals surface area contributed by atoms with Gasteiger partial charge in [0, 0.05) is 6.54 Å². The fraction of sp³-hybridized carbons (Fsp3) is 0.615. The predicted octanol–water partition coefficient (Wildman–Crippen LogP) is 2.20. The Hall–Kier alpha value is -1.65. The van der Waals surface area contributed by atoms with Crippen molar-refractivity contribution in [3.05, 3.63) is 12.7 Å². The van der Waals surface area contributed by atoms with Gasteiger partial charge in [-0.15, -0.1) is 0 Å². The Morgan fingerprint density at radius 1 is 1.22 bits per heavy atom. The first-order valence-corrected chi connectivity index (χ1v) is 6.78. The van der Waals surface area contributed by atoms with Crippen LogP contribution < -0.4 is 5.32 Å². The summed E-state index contributed by atoms with van der Waals surface area (Å²) in [6, 6.07) is 0. The molecule has 0 saturated heterocycles. The van der Waals surface area contributed by atoms with Crippen LogP contribution in [0.4, 0.5) is 5.82 Å². The van der Waals surface area contributed by atoms with E-state index in [2.05, 4.69) is 25.3 Å². The summed E-state index contributed by atoms with van der Waals surface area (Å²) in [6.07, 6.45) is 8.98. The highest BCUT2D eigenvalue weighted by Gasteiger charge is 2.39. The first-order valence-electron chi connectivity index (χ1n) is 6.78. The van der Waals surface area contributed by atoms with Gasteiger partial charge in [-0.1, -0.05) is 6.42 Å². The second-order valence-electron chi connectivity index (χ2n) is 5.64. The Balaban J connectivity index is 1.50. The molecule has 2 aliphatic carbocycles. The van der Waals surface area contributed by atoms with Crippen molar-refractivity contribution in [2.75, 3.05) is 11.9 Å². The molecule has 0 amide bonds. The van der Waals surface area contributed by atoms with Gasteiger partial charge >= 0.3 is 0 Å². The number of aromatic nitrogens is 4. The van der Waals surface area contributed by atoms with Crippen molar-refractivity contribution < 1.29 is 0 Å². The largest absolute Gasteiger partial charge is 0.368 e. The van der Waals surface area contributed by atoms with E-state index in [1.165, 1.54) is 25.7 Å². The molecule has 2 fully saturated rings. The van der Waals surface area contributed by atoms with Crippen LogP contribution in [0.15, 0.2) is 12.7 Å². The molecule has 2 aliphatic rings. The summed E-state index contributed by atoms with van der Waals surface area (Å²) in [7, 11) is 0. The Kier molecular flexibility index (Phi) is 2.25. The van der Waals surface area contributed by atoms with Gasteiger partial charge in [0.2, 0.25) is 0 Å². The first-order chi connectivity index (χ1) is 8.90. The van der Waals surface area contributed by atoms with Crippen LogP contribution in [0.5, 0.6) is 0 Å². The van der Waals surface area contributed by atoms with Crippen LogP contribution in [0.25, 0.3) is 11.2 Å². The average molecular weight is 243 g/mol. The van der Waals surface area contributed by atoms with Gasteiger partial charge in [-0.05, 0) is 37.0 Å². The monoisotopic (exact) mass is 243 g/mol. The highest BCUT2D eigenvalue weighted by Crippen LogP contribution is 2.48. The average Bonchev–Trinajstić information content (AvgIpc) is 3.11. The zero-order valence-electron chi connectivity index (χ0n) is 10.3. The molecule has 5 heteroatoms. The minimum absolute atomic E-state index is 0.737. The van der Waals surface area contributed by atoms with Crippen LogP contribution in [-0.2, 0) is 0 Å². The van der Waals surface area contributed by atoms with Gasteiger partial charge < -0.3 is 10.3 Å². The standard InChI is InChI=1S/C13H17N5/c1-2-9-3-8(1)4-10(9)5-14-12-11-13(16-6-15-11)18-7-17-12/h6-10H,1-5H2,(H2,14,15,16,17,18). The Labute approximate surface area is 105 Å². The van der Waals surface area contributed by atoms with Crippen LogP contribution in [0, 0.1) is 17.8 Å². The van der Waals surface area contributed by atoms with Gasteiger partial charge in [0.1, 0.15) is 11.8 Å². The van der Waals surface area contributed by atoms with Crippen LogP contribution >= 0.6 is 0 Å². The second-order valence-corrected chi connectivity index (χ2v) is 5.64. The van der Waals surface area contributed by atoms with Crippen molar-refractivity contribution in [3.8, 4) is 0 Å². The fourth-order valence-corrected chi connectivity index (χ4v) is 3.75. The molecule has 0 aromatic carbocycles. The van der Waals surface area contributed by atoms with Crippen LogP contribution in [-0.4, -0.2) is 26.5 Å². The van der Waals surface area contributed by atoms with Gasteiger partial charge in [-0.25, -0.2) is 15.0 Å².